The Hall–Kier alpha value is -4.10. The Morgan fingerprint density at radius 3 is 2.44 bits per heavy atom. The minimum absolute atomic E-state index is 0.393. The van der Waals surface area contributed by atoms with Crippen LogP contribution in [0, 0.1) is 39.4 Å². The molecule has 7 heteroatoms. The highest BCUT2D eigenvalue weighted by atomic mass is 16.5. The predicted octanol–water partition coefficient (Wildman–Crippen LogP) is 4.44. The van der Waals surface area contributed by atoms with Crippen LogP contribution in [0.1, 0.15) is 25.3 Å². The van der Waals surface area contributed by atoms with Crippen molar-refractivity contribution < 1.29 is 24.2 Å². The molecule has 1 N–H and O–H groups in total. The fraction of sp³-hybridized carbons (Fsp3) is 0.280. The number of hydrogen-bond donors (Lipinski definition) is 1. The van der Waals surface area contributed by atoms with Crippen LogP contribution in [0.4, 0.5) is 0 Å². The Kier molecular flexibility index (Phi) is 6.32. The molecular weight excluding hydrogens is 408 g/mol. The summed E-state index contributed by atoms with van der Waals surface area (Å²) in [6.07, 6.45) is 2.58. The van der Waals surface area contributed by atoms with Crippen LogP contribution in [-0.4, -0.2) is 23.7 Å². The molecule has 1 aliphatic carbocycles. The number of nitriles is 2. The van der Waals surface area contributed by atoms with Gasteiger partial charge in [-0.2, -0.15) is 10.5 Å². The minimum atomic E-state index is -1.45. The number of allylic oxidation sites excluding steroid dienone is 1. The van der Waals surface area contributed by atoms with E-state index in [2.05, 4.69) is 6.07 Å². The second kappa shape index (κ2) is 8.95. The van der Waals surface area contributed by atoms with Gasteiger partial charge < -0.3 is 14.6 Å². The van der Waals surface area contributed by atoms with Crippen molar-refractivity contribution in [2.75, 3.05) is 6.61 Å². The lowest BCUT2D eigenvalue weighted by Crippen LogP contribution is -2.28. The van der Waals surface area contributed by atoms with Gasteiger partial charge >= 0.3 is 11.9 Å². The molecule has 0 heterocycles. The van der Waals surface area contributed by atoms with Crippen molar-refractivity contribution in [2.24, 2.45) is 16.7 Å². The number of carbonyl (C=O) groups is 2. The van der Waals surface area contributed by atoms with Crippen molar-refractivity contribution in [3.63, 3.8) is 0 Å². The van der Waals surface area contributed by atoms with Gasteiger partial charge in [0.25, 0.3) is 0 Å². The first-order valence-corrected chi connectivity index (χ1v) is 9.96. The van der Waals surface area contributed by atoms with Crippen LogP contribution in [0.5, 0.6) is 11.5 Å². The number of carbonyl (C=O) groups excluding carboxylic acids is 1. The van der Waals surface area contributed by atoms with Gasteiger partial charge in [-0.1, -0.05) is 50.3 Å². The summed E-state index contributed by atoms with van der Waals surface area (Å²) in [6, 6.07) is 19.8. The number of carboxylic acids is 1. The lowest BCUT2D eigenvalue weighted by Gasteiger charge is -2.22. The molecule has 7 nitrogen and oxygen atoms in total. The van der Waals surface area contributed by atoms with E-state index in [0.29, 0.717) is 17.1 Å². The molecule has 1 saturated carbocycles. The molecular formula is C25H22N2O5. The minimum Gasteiger partial charge on any atom is -0.481 e. The molecule has 0 radical (unpaired) electrons. The van der Waals surface area contributed by atoms with Gasteiger partial charge in [-0.3, -0.25) is 4.79 Å². The summed E-state index contributed by atoms with van der Waals surface area (Å²) >= 11 is 0. The largest absolute Gasteiger partial charge is 0.481 e. The number of nitrogens with zero attached hydrogens (tertiary/aromatic N) is 2. The first-order chi connectivity index (χ1) is 15.3. The SMILES string of the molecule is CC1(C)[C@H](C=CC(=O)OCC#N)[C@@]1(C(=O)O)C(C#N)c1cccc(Oc2ccccc2)c1. The Morgan fingerprint density at radius 1 is 1.12 bits per heavy atom. The van der Waals surface area contributed by atoms with Crippen molar-refractivity contribution in [1.82, 2.24) is 0 Å². The maximum atomic E-state index is 12.5. The fourth-order valence-corrected chi connectivity index (χ4v) is 4.46. The van der Waals surface area contributed by atoms with E-state index in [0.717, 1.165) is 6.08 Å². The number of carboxylic acid groups (broad SMARTS) is 1. The van der Waals surface area contributed by atoms with Gasteiger partial charge in [0.2, 0.25) is 0 Å². The van der Waals surface area contributed by atoms with Gasteiger partial charge in [0.15, 0.2) is 6.61 Å². The first kappa shape index (κ1) is 22.6. The summed E-state index contributed by atoms with van der Waals surface area (Å²) in [4.78, 5) is 24.3. The number of rotatable bonds is 8. The number of esters is 1. The molecule has 1 unspecified atom stereocenters. The van der Waals surface area contributed by atoms with Crippen LogP contribution < -0.4 is 4.74 Å². The molecule has 3 rings (SSSR count). The summed E-state index contributed by atoms with van der Waals surface area (Å²) in [6.45, 7) is 3.12. The van der Waals surface area contributed by atoms with Crippen molar-refractivity contribution in [3.05, 3.63) is 72.3 Å². The predicted molar refractivity (Wildman–Crippen MR) is 114 cm³/mol. The van der Waals surface area contributed by atoms with E-state index in [9.17, 15) is 20.0 Å². The van der Waals surface area contributed by atoms with E-state index < -0.39 is 41.2 Å². The molecule has 0 saturated heterocycles. The van der Waals surface area contributed by atoms with Gasteiger partial charge in [-0.15, -0.1) is 0 Å². The second-order valence-electron chi connectivity index (χ2n) is 8.05. The highest BCUT2D eigenvalue weighted by molar-refractivity contribution is 5.86. The van der Waals surface area contributed by atoms with Crippen LogP contribution in [0.15, 0.2) is 66.7 Å². The zero-order valence-corrected chi connectivity index (χ0v) is 17.7. The highest BCUT2D eigenvalue weighted by Crippen LogP contribution is 2.75. The Balaban J connectivity index is 1.93. The van der Waals surface area contributed by atoms with E-state index in [4.69, 9.17) is 14.7 Å². The number of aliphatic carboxylic acids is 1. The molecule has 1 aliphatic rings. The molecule has 0 amide bonds. The van der Waals surface area contributed by atoms with Crippen LogP contribution in [0.25, 0.3) is 0 Å². The Bertz CT molecular complexity index is 1130. The van der Waals surface area contributed by atoms with E-state index >= 15 is 0 Å². The van der Waals surface area contributed by atoms with E-state index in [-0.39, 0.29) is 0 Å². The lowest BCUT2D eigenvalue weighted by molar-refractivity contribution is -0.145. The van der Waals surface area contributed by atoms with Crippen molar-refractivity contribution in [3.8, 4) is 23.6 Å². The number of ether oxygens (including phenoxy) is 2. The normalized spacial score (nSPS) is 21.7. The van der Waals surface area contributed by atoms with E-state index in [1.54, 1.807) is 56.3 Å². The number of hydrogen-bond acceptors (Lipinski definition) is 6. The topological polar surface area (TPSA) is 120 Å². The second-order valence-corrected chi connectivity index (χ2v) is 8.05. The van der Waals surface area contributed by atoms with Gasteiger partial charge in [-0.25, -0.2) is 4.79 Å². The Labute approximate surface area is 186 Å². The van der Waals surface area contributed by atoms with Gasteiger partial charge in [0.1, 0.15) is 23.0 Å². The summed E-state index contributed by atoms with van der Waals surface area (Å²) in [5.74, 6) is -2.33. The summed E-state index contributed by atoms with van der Waals surface area (Å²) in [5.41, 5.74) is -1.74. The lowest BCUT2D eigenvalue weighted by atomic mass is 9.78. The first-order valence-electron chi connectivity index (χ1n) is 9.96. The quantitative estimate of drug-likeness (QED) is 0.485. The monoisotopic (exact) mass is 430 g/mol. The maximum absolute atomic E-state index is 12.5. The van der Waals surface area contributed by atoms with Crippen molar-refractivity contribution in [2.45, 2.75) is 19.8 Å². The molecule has 162 valence electrons. The molecule has 2 aromatic carbocycles. The third-order valence-corrected chi connectivity index (χ3v) is 6.06. The summed E-state index contributed by atoms with van der Waals surface area (Å²) < 4.78 is 10.5. The van der Waals surface area contributed by atoms with Gasteiger partial charge in [0.05, 0.1) is 12.0 Å². The third-order valence-electron chi connectivity index (χ3n) is 6.06. The zero-order valence-electron chi connectivity index (χ0n) is 17.7. The molecule has 3 atom stereocenters. The standard InChI is InChI=1S/C25H22N2O5/c1-24(2)21(11-12-22(28)31-14-13-26)25(24,23(29)30)20(16-27)17-7-6-10-19(15-17)32-18-8-4-3-5-9-18/h3-12,15,20-21H,14H2,1-2H3,(H,29,30)/t20?,21-,25+/m0/s1. The van der Waals surface area contributed by atoms with Gasteiger partial charge in [-0.05, 0) is 35.2 Å². The summed E-state index contributed by atoms with van der Waals surface area (Å²) in [5, 5.41) is 28.7. The smallest absolute Gasteiger partial charge is 0.331 e. The van der Waals surface area contributed by atoms with Crippen LogP contribution in [0.2, 0.25) is 0 Å². The maximum Gasteiger partial charge on any atom is 0.331 e. The number of para-hydroxylation sites is 1. The average molecular weight is 430 g/mol. The fourth-order valence-electron chi connectivity index (χ4n) is 4.46. The Morgan fingerprint density at radius 2 is 1.81 bits per heavy atom. The number of benzene rings is 2. The van der Waals surface area contributed by atoms with Crippen LogP contribution in [-0.2, 0) is 14.3 Å². The average Bonchev–Trinajstić information content (AvgIpc) is 3.27. The molecule has 0 aliphatic heterocycles. The van der Waals surface area contributed by atoms with E-state index in [1.165, 1.54) is 6.08 Å². The molecule has 32 heavy (non-hydrogen) atoms. The third kappa shape index (κ3) is 3.93. The van der Waals surface area contributed by atoms with Crippen molar-refractivity contribution >= 4 is 11.9 Å². The van der Waals surface area contributed by atoms with Crippen LogP contribution in [0.3, 0.4) is 0 Å². The molecule has 2 aromatic rings. The zero-order chi connectivity index (χ0) is 23.4. The highest BCUT2D eigenvalue weighted by Gasteiger charge is 2.78. The molecule has 0 spiro atoms. The molecule has 0 bridgehead atoms. The van der Waals surface area contributed by atoms with Gasteiger partial charge in [0, 0.05) is 12.0 Å². The molecule has 1 fully saturated rings. The molecule has 0 aromatic heterocycles. The summed E-state index contributed by atoms with van der Waals surface area (Å²) in [7, 11) is 0. The van der Waals surface area contributed by atoms with Crippen molar-refractivity contribution in [1.29, 1.82) is 10.5 Å². The van der Waals surface area contributed by atoms with E-state index in [1.807, 2.05) is 18.2 Å². The van der Waals surface area contributed by atoms with Crippen LogP contribution >= 0.6 is 0 Å².